The number of hydrogen-bond donors (Lipinski definition) is 2. The third kappa shape index (κ3) is 5.48. The number of hydrogen-bond acceptors (Lipinski definition) is 3. The van der Waals surface area contributed by atoms with Crippen LogP contribution in [0.15, 0.2) is 16.6 Å². The number of halogens is 4. The van der Waals surface area contributed by atoms with Gasteiger partial charge in [-0.1, -0.05) is 0 Å². The lowest BCUT2D eigenvalue weighted by Gasteiger charge is -2.11. The van der Waals surface area contributed by atoms with Crippen molar-refractivity contribution in [3.05, 3.63) is 22.2 Å². The highest BCUT2D eigenvalue weighted by Crippen LogP contribution is 2.27. The molecule has 0 aromatic heterocycles. The Morgan fingerprint density at radius 3 is 2.68 bits per heavy atom. The summed E-state index contributed by atoms with van der Waals surface area (Å²) in [5.74, 6) is -0.687. The summed E-state index contributed by atoms with van der Waals surface area (Å²) in [6.45, 7) is -0.352. The van der Waals surface area contributed by atoms with E-state index in [0.717, 1.165) is 5.56 Å². The molecule has 1 aromatic carbocycles. The molecule has 106 valence electrons. The SMILES string of the molecule is Cc1cc(Br)c(NC(=O)COCC(F)(F)F)cc1N. The topological polar surface area (TPSA) is 64.3 Å². The number of rotatable bonds is 4. The van der Waals surface area contributed by atoms with E-state index in [4.69, 9.17) is 5.73 Å². The minimum absolute atomic E-state index is 0.378. The summed E-state index contributed by atoms with van der Waals surface area (Å²) in [6, 6.07) is 3.21. The van der Waals surface area contributed by atoms with Gasteiger partial charge < -0.3 is 15.8 Å². The van der Waals surface area contributed by atoms with Crippen molar-refractivity contribution in [3.8, 4) is 0 Å². The smallest absolute Gasteiger partial charge is 0.398 e. The first-order valence-electron chi connectivity index (χ1n) is 5.19. The van der Waals surface area contributed by atoms with Crippen LogP contribution in [-0.4, -0.2) is 25.3 Å². The molecular formula is C11H12BrF3N2O2. The van der Waals surface area contributed by atoms with Gasteiger partial charge in [-0.25, -0.2) is 0 Å². The highest BCUT2D eigenvalue weighted by atomic mass is 79.9. The van der Waals surface area contributed by atoms with Crippen molar-refractivity contribution in [2.45, 2.75) is 13.1 Å². The van der Waals surface area contributed by atoms with E-state index in [1.165, 1.54) is 6.07 Å². The van der Waals surface area contributed by atoms with Crippen LogP contribution in [0, 0.1) is 6.92 Å². The molecule has 0 saturated carbocycles. The third-order valence-corrected chi connectivity index (χ3v) is 2.78. The van der Waals surface area contributed by atoms with E-state index < -0.39 is 25.3 Å². The van der Waals surface area contributed by atoms with Crippen molar-refractivity contribution in [3.63, 3.8) is 0 Å². The lowest BCUT2D eigenvalue weighted by atomic mass is 10.2. The number of alkyl halides is 3. The predicted molar refractivity (Wildman–Crippen MR) is 68.8 cm³/mol. The van der Waals surface area contributed by atoms with Gasteiger partial charge in [0, 0.05) is 10.2 Å². The Kier molecular flexibility index (Phi) is 5.19. The molecule has 0 aliphatic carbocycles. The van der Waals surface area contributed by atoms with Crippen LogP contribution >= 0.6 is 15.9 Å². The summed E-state index contributed by atoms with van der Waals surface area (Å²) in [7, 11) is 0. The fourth-order valence-corrected chi connectivity index (χ4v) is 1.79. The zero-order valence-electron chi connectivity index (χ0n) is 9.97. The average Bonchev–Trinajstić information content (AvgIpc) is 2.24. The first-order valence-corrected chi connectivity index (χ1v) is 5.98. The number of benzene rings is 1. The van der Waals surface area contributed by atoms with E-state index in [0.29, 0.717) is 15.8 Å². The monoisotopic (exact) mass is 340 g/mol. The average molecular weight is 341 g/mol. The summed E-state index contributed by atoms with van der Waals surface area (Å²) in [5.41, 5.74) is 7.33. The summed E-state index contributed by atoms with van der Waals surface area (Å²) < 4.78 is 40.3. The van der Waals surface area contributed by atoms with Crippen LogP contribution in [0.25, 0.3) is 0 Å². The second kappa shape index (κ2) is 6.25. The predicted octanol–water partition coefficient (Wildman–Crippen LogP) is 2.86. The molecule has 0 bridgehead atoms. The lowest BCUT2D eigenvalue weighted by Crippen LogP contribution is -2.24. The van der Waals surface area contributed by atoms with Crippen molar-refractivity contribution in [2.75, 3.05) is 24.3 Å². The van der Waals surface area contributed by atoms with E-state index in [1.807, 2.05) is 0 Å². The molecule has 0 fully saturated rings. The standard InChI is InChI=1S/C11H12BrF3N2O2/c1-6-2-7(12)9(3-8(6)16)17-10(18)4-19-5-11(13,14)15/h2-3H,4-5,16H2,1H3,(H,17,18). The molecular weight excluding hydrogens is 329 g/mol. The molecule has 0 atom stereocenters. The Balaban J connectivity index is 2.56. The largest absolute Gasteiger partial charge is 0.411 e. The molecule has 1 aromatic rings. The number of amides is 1. The zero-order chi connectivity index (χ0) is 14.6. The van der Waals surface area contributed by atoms with Crippen LogP contribution in [0.1, 0.15) is 5.56 Å². The van der Waals surface area contributed by atoms with Crippen molar-refractivity contribution >= 4 is 33.2 Å². The molecule has 4 nitrogen and oxygen atoms in total. The number of carbonyl (C=O) groups is 1. The summed E-state index contributed by atoms with van der Waals surface area (Å²) in [5, 5.41) is 2.41. The Hall–Kier alpha value is -1.28. The maximum Gasteiger partial charge on any atom is 0.411 e. The van der Waals surface area contributed by atoms with Gasteiger partial charge in [0.05, 0.1) is 5.69 Å². The highest BCUT2D eigenvalue weighted by molar-refractivity contribution is 9.10. The Morgan fingerprint density at radius 1 is 1.47 bits per heavy atom. The molecule has 19 heavy (non-hydrogen) atoms. The normalized spacial score (nSPS) is 11.4. The van der Waals surface area contributed by atoms with Crippen LogP contribution < -0.4 is 11.1 Å². The molecule has 0 heterocycles. The van der Waals surface area contributed by atoms with Gasteiger partial charge in [0.15, 0.2) is 0 Å². The second-order valence-corrected chi connectivity index (χ2v) is 4.70. The van der Waals surface area contributed by atoms with Gasteiger partial charge in [-0.05, 0) is 40.5 Å². The number of ether oxygens (including phenoxy) is 1. The number of nitrogens with two attached hydrogens (primary N) is 1. The molecule has 0 aliphatic heterocycles. The van der Waals surface area contributed by atoms with Crippen LogP contribution in [0.3, 0.4) is 0 Å². The minimum Gasteiger partial charge on any atom is -0.398 e. The van der Waals surface area contributed by atoms with E-state index in [9.17, 15) is 18.0 Å². The fraction of sp³-hybridized carbons (Fsp3) is 0.364. The quantitative estimate of drug-likeness (QED) is 0.828. The van der Waals surface area contributed by atoms with Crippen molar-refractivity contribution in [1.82, 2.24) is 0 Å². The summed E-state index contributed by atoms with van der Waals surface area (Å²) >= 11 is 3.22. The second-order valence-electron chi connectivity index (χ2n) is 3.84. The maximum atomic E-state index is 11.8. The Bertz CT molecular complexity index is 478. The number of anilines is 2. The first kappa shape index (κ1) is 15.8. The van der Waals surface area contributed by atoms with Crippen molar-refractivity contribution in [2.24, 2.45) is 0 Å². The summed E-state index contributed by atoms with van der Waals surface area (Å²) in [6.07, 6.45) is -4.45. The van der Waals surface area contributed by atoms with Gasteiger partial charge in [0.1, 0.15) is 13.2 Å². The van der Waals surface area contributed by atoms with Gasteiger partial charge >= 0.3 is 6.18 Å². The number of nitrogen functional groups attached to an aromatic ring is 1. The van der Waals surface area contributed by atoms with Gasteiger partial charge in [0.25, 0.3) is 0 Å². The van der Waals surface area contributed by atoms with Crippen LogP contribution in [0.5, 0.6) is 0 Å². The number of aryl methyl sites for hydroxylation is 1. The van der Waals surface area contributed by atoms with E-state index in [1.54, 1.807) is 13.0 Å². The van der Waals surface area contributed by atoms with Gasteiger partial charge in [-0.3, -0.25) is 4.79 Å². The molecule has 0 aliphatic rings. The first-order chi connectivity index (χ1) is 8.69. The summed E-state index contributed by atoms with van der Waals surface area (Å²) in [4.78, 5) is 11.4. The van der Waals surface area contributed by atoms with Crippen LogP contribution in [0.4, 0.5) is 24.5 Å². The van der Waals surface area contributed by atoms with E-state index >= 15 is 0 Å². The van der Waals surface area contributed by atoms with Crippen molar-refractivity contribution in [1.29, 1.82) is 0 Å². The zero-order valence-corrected chi connectivity index (χ0v) is 11.6. The van der Waals surface area contributed by atoms with Crippen LogP contribution in [-0.2, 0) is 9.53 Å². The molecule has 0 spiro atoms. The van der Waals surface area contributed by atoms with Crippen LogP contribution in [0.2, 0.25) is 0 Å². The fourth-order valence-electron chi connectivity index (χ4n) is 1.23. The molecule has 8 heteroatoms. The number of carbonyl (C=O) groups excluding carboxylic acids is 1. The Labute approximate surface area is 116 Å². The molecule has 0 unspecified atom stereocenters. The Morgan fingerprint density at radius 2 is 2.11 bits per heavy atom. The minimum atomic E-state index is -4.45. The molecule has 3 N–H and O–H groups in total. The van der Waals surface area contributed by atoms with Gasteiger partial charge in [-0.15, -0.1) is 0 Å². The van der Waals surface area contributed by atoms with Gasteiger partial charge in [-0.2, -0.15) is 13.2 Å². The highest BCUT2D eigenvalue weighted by Gasteiger charge is 2.27. The van der Waals surface area contributed by atoms with Crippen molar-refractivity contribution < 1.29 is 22.7 Å². The van der Waals surface area contributed by atoms with E-state index in [-0.39, 0.29) is 0 Å². The maximum absolute atomic E-state index is 11.8. The molecule has 0 saturated heterocycles. The molecule has 0 radical (unpaired) electrons. The number of nitrogens with one attached hydrogen (secondary N) is 1. The van der Waals surface area contributed by atoms with E-state index in [2.05, 4.69) is 26.0 Å². The third-order valence-electron chi connectivity index (χ3n) is 2.13. The molecule has 1 amide bonds. The molecule has 1 rings (SSSR count). The van der Waals surface area contributed by atoms with Gasteiger partial charge in [0.2, 0.25) is 5.91 Å². The lowest BCUT2D eigenvalue weighted by molar-refractivity contribution is -0.174.